The van der Waals surface area contributed by atoms with Crippen LogP contribution >= 0.6 is 11.8 Å². The predicted molar refractivity (Wildman–Crippen MR) is 81.7 cm³/mol. The highest BCUT2D eigenvalue weighted by molar-refractivity contribution is 7.99. The van der Waals surface area contributed by atoms with E-state index in [1.165, 1.54) is 24.6 Å². The summed E-state index contributed by atoms with van der Waals surface area (Å²) in [5, 5.41) is 17.9. The Balaban J connectivity index is 1.96. The molecular formula is C14H18N6S. The lowest BCUT2D eigenvalue weighted by atomic mass is 10.1. The van der Waals surface area contributed by atoms with Gasteiger partial charge in [-0.15, -0.1) is 10.2 Å². The summed E-state index contributed by atoms with van der Waals surface area (Å²) < 4.78 is 2.17. The van der Waals surface area contributed by atoms with E-state index in [1.54, 1.807) is 6.20 Å². The number of amidine groups is 1. The maximum Gasteiger partial charge on any atom is 0.197 e. The summed E-state index contributed by atoms with van der Waals surface area (Å²) in [6.45, 7) is 2.89. The molecule has 0 fully saturated rings. The van der Waals surface area contributed by atoms with Gasteiger partial charge >= 0.3 is 0 Å². The molecule has 3 rings (SSSR count). The van der Waals surface area contributed by atoms with Crippen molar-refractivity contribution in [2.45, 2.75) is 49.3 Å². The van der Waals surface area contributed by atoms with Gasteiger partial charge in [-0.25, -0.2) is 4.98 Å². The van der Waals surface area contributed by atoms with Crippen molar-refractivity contribution in [1.29, 1.82) is 5.41 Å². The third-order valence-electron chi connectivity index (χ3n) is 3.66. The first-order valence-electron chi connectivity index (χ1n) is 7.06. The Bertz CT molecular complexity index is 678. The zero-order valence-corrected chi connectivity index (χ0v) is 12.8. The van der Waals surface area contributed by atoms with Crippen LogP contribution < -0.4 is 5.73 Å². The van der Waals surface area contributed by atoms with Crippen LogP contribution in [0.4, 0.5) is 0 Å². The fraction of sp³-hybridized carbons (Fsp3) is 0.429. The van der Waals surface area contributed by atoms with Crippen LogP contribution in [0.15, 0.2) is 22.4 Å². The molecule has 0 bridgehead atoms. The monoisotopic (exact) mass is 302 g/mol. The van der Waals surface area contributed by atoms with Gasteiger partial charge in [0, 0.05) is 19.2 Å². The number of hydrogen-bond acceptors (Lipinski definition) is 5. The number of aryl methyl sites for hydroxylation is 2. The van der Waals surface area contributed by atoms with Crippen molar-refractivity contribution in [3.63, 3.8) is 0 Å². The van der Waals surface area contributed by atoms with E-state index in [0.29, 0.717) is 5.56 Å². The first-order chi connectivity index (χ1) is 10.2. The molecule has 21 heavy (non-hydrogen) atoms. The highest BCUT2D eigenvalue weighted by Gasteiger charge is 2.18. The molecule has 7 heteroatoms. The van der Waals surface area contributed by atoms with Crippen LogP contribution in [0.25, 0.3) is 0 Å². The number of nitrogens with one attached hydrogen (secondary N) is 1. The van der Waals surface area contributed by atoms with Crippen molar-refractivity contribution in [3.8, 4) is 0 Å². The summed E-state index contributed by atoms with van der Waals surface area (Å²) in [6, 6.07) is 1.87. The zero-order chi connectivity index (χ0) is 14.8. The number of nitrogens with zero attached hydrogens (tertiary/aromatic N) is 4. The molecule has 2 aromatic heterocycles. The van der Waals surface area contributed by atoms with Crippen molar-refractivity contribution >= 4 is 17.6 Å². The van der Waals surface area contributed by atoms with Gasteiger partial charge in [0.2, 0.25) is 0 Å². The SMILES string of the molecule is Cc1ccnc(Sc2nnc3n2CCCCC3)c1C(=N)N. The highest BCUT2D eigenvalue weighted by atomic mass is 32.2. The Morgan fingerprint density at radius 1 is 1.33 bits per heavy atom. The van der Waals surface area contributed by atoms with E-state index >= 15 is 0 Å². The fourth-order valence-corrected chi connectivity index (χ4v) is 3.61. The molecule has 0 saturated heterocycles. The second-order valence-corrected chi connectivity index (χ2v) is 6.14. The largest absolute Gasteiger partial charge is 0.384 e. The summed E-state index contributed by atoms with van der Waals surface area (Å²) in [7, 11) is 0. The molecule has 1 aliphatic rings. The molecule has 6 nitrogen and oxygen atoms in total. The van der Waals surface area contributed by atoms with Gasteiger partial charge in [-0.3, -0.25) is 5.41 Å². The summed E-state index contributed by atoms with van der Waals surface area (Å²) in [5.41, 5.74) is 7.34. The molecule has 0 radical (unpaired) electrons. The maximum absolute atomic E-state index is 7.75. The van der Waals surface area contributed by atoms with Gasteiger partial charge in [-0.1, -0.05) is 6.42 Å². The minimum absolute atomic E-state index is 0.0405. The van der Waals surface area contributed by atoms with E-state index in [0.717, 1.165) is 41.0 Å². The summed E-state index contributed by atoms with van der Waals surface area (Å²) in [4.78, 5) is 4.37. The summed E-state index contributed by atoms with van der Waals surface area (Å²) in [6.07, 6.45) is 6.27. The lowest BCUT2D eigenvalue weighted by Gasteiger charge is -2.10. The number of aromatic nitrogens is 4. The summed E-state index contributed by atoms with van der Waals surface area (Å²) in [5.74, 6) is 1.09. The van der Waals surface area contributed by atoms with Gasteiger partial charge in [0.05, 0.1) is 5.56 Å². The minimum atomic E-state index is 0.0405. The van der Waals surface area contributed by atoms with E-state index < -0.39 is 0 Å². The molecule has 0 aliphatic carbocycles. The molecule has 0 saturated carbocycles. The topological polar surface area (TPSA) is 93.5 Å². The van der Waals surface area contributed by atoms with Crippen LogP contribution in [0, 0.1) is 12.3 Å². The number of nitrogen functional groups attached to an aromatic ring is 1. The van der Waals surface area contributed by atoms with Crippen molar-refractivity contribution in [1.82, 2.24) is 19.7 Å². The van der Waals surface area contributed by atoms with Crippen molar-refractivity contribution < 1.29 is 0 Å². The number of nitrogens with two attached hydrogens (primary N) is 1. The van der Waals surface area contributed by atoms with Gasteiger partial charge in [0.25, 0.3) is 0 Å². The summed E-state index contributed by atoms with van der Waals surface area (Å²) >= 11 is 1.44. The molecular weight excluding hydrogens is 284 g/mol. The second-order valence-electron chi connectivity index (χ2n) is 5.18. The van der Waals surface area contributed by atoms with E-state index in [-0.39, 0.29) is 5.84 Å². The van der Waals surface area contributed by atoms with Crippen LogP contribution in [0.5, 0.6) is 0 Å². The normalized spacial score (nSPS) is 14.5. The first kappa shape index (κ1) is 14.1. The van der Waals surface area contributed by atoms with Crippen LogP contribution in [0.1, 0.15) is 36.2 Å². The first-order valence-corrected chi connectivity index (χ1v) is 7.88. The molecule has 3 N–H and O–H groups in total. The van der Waals surface area contributed by atoms with E-state index in [9.17, 15) is 0 Å². The van der Waals surface area contributed by atoms with Gasteiger partial charge < -0.3 is 10.3 Å². The van der Waals surface area contributed by atoms with E-state index in [1.807, 2.05) is 13.0 Å². The van der Waals surface area contributed by atoms with Gasteiger partial charge in [-0.05, 0) is 43.2 Å². The number of rotatable bonds is 3. The maximum atomic E-state index is 7.75. The van der Waals surface area contributed by atoms with E-state index in [4.69, 9.17) is 11.1 Å². The van der Waals surface area contributed by atoms with Gasteiger partial charge in [0.1, 0.15) is 16.7 Å². The number of hydrogen-bond donors (Lipinski definition) is 2. The predicted octanol–water partition coefficient (Wildman–Crippen LogP) is 2.14. The van der Waals surface area contributed by atoms with Crippen LogP contribution in [-0.4, -0.2) is 25.6 Å². The molecule has 0 spiro atoms. The molecule has 3 heterocycles. The Morgan fingerprint density at radius 3 is 3.00 bits per heavy atom. The number of fused-ring (bicyclic) bond motifs is 1. The van der Waals surface area contributed by atoms with E-state index in [2.05, 4.69) is 19.7 Å². The van der Waals surface area contributed by atoms with Crippen molar-refractivity contribution in [2.75, 3.05) is 0 Å². The molecule has 0 aromatic carbocycles. The Morgan fingerprint density at radius 2 is 2.19 bits per heavy atom. The Labute approximate surface area is 127 Å². The third kappa shape index (κ3) is 2.78. The standard InChI is InChI=1S/C14H18N6S/c1-9-6-7-17-13(11(9)12(15)16)21-14-19-18-10-5-3-2-4-8-20(10)14/h6-7H,2-5,8H2,1H3,(H3,15,16). The molecule has 110 valence electrons. The van der Waals surface area contributed by atoms with Crippen LogP contribution in [0.2, 0.25) is 0 Å². The third-order valence-corrected chi connectivity index (χ3v) is 4.64. The average Bonchev–Trinajstić information content (AvgIpc) is 2.68. The van der Waals surface area contributed by atoms with Crippen molar-refractivity contribution in [2.24, 2.45) is 5.73 Å². The molecule has 0 atom stereocenters. The fourth-order valence-electron chi connectivity index (χ4n) is 2.56. The highest BCUT2D eigenvalue weighted by Crippen LogP contribution is 2.30. The number of pyridine rings is 1. The van der Waals surface area contributed by atoms with Crippen LogP contribution in [-0.2, 0) is 13.0 Å². The molecule has 0 amide bonds. The zero-order valence-electron chi connectivity index (χ0n) is 12.0. The van der Waals surface area contributed by atoms with Gasteiger partial charge in [-0.2, -0.15) is 0 Å². The van der Waals surface area contributed by atoms with Crippen molar-refractivity contribution in [3.05, 3.63) is 29.2 Å². The minimum Gasteiger partial charge on any atom is -0.384 e. The van der Waals surface area contributed by atoms with Gasteiger partial charge in [0.15, 0.2) is 5.16 Å². The average molecular weight is 302 g/mol. The lowest BCUT2D eigenvalue weighted by Crippen LogP contribution is -2.15. The smallest absolute Gasteiger partial charge is 0.197 e. The van der Waals surface area contributed by atoms with Crippen LogP contribution in [0.3, 0.4) is 0 Å². The molecule has 2 aromatic rings. The Kier molecular flexibility index (Phi) is 3.92. The molecule has 0 unspecified atom stereocenters. The second kappa shape index (κ2) is 5.85. The molecule has 1 aliphatic heterocycles. The quantitative estimate of drug-likeness (QED) is 0.669. The lowest BCUT2D eigenvalue weighted by molar-refractivity contribution is 0.590. The Hall–Kier alpha value is -1.89.